The van der Waals surface area contributed by atoms with E-state index in [1.165, 1.54) is 0 Å². The molecule has 6 rings (SSSR count). The van der Waals surface area contributed by atoms with Crippen LogP contribution in [-0.4, -0.2) is 101 Å². The number of ether oxygens (including phenoxy) is 1. The molecule has 0 saturated carbocycles. The number of aromatic nitrogens is 2. The third-order valence-electron chi connectivity index (χ3n) is 9.91. The standard InChI is InChI=1S/C38H44F3N7O5/c1-24(18-43-33(49)11-14-47-34(50)9-10-35(47)51)44-38(52)48(22-27-19-42-20-31(27)41)36(26-12-15-53-16-13-26)37-45-32(29-17-28(39)7-8-30(29)40)23-46(37)21-25-5-3-2-4-6-25/h2-10,17,23-24,26-27,31,36,42H,11-16,18-22H2,1H3,(H,43,49)(H,44,52)/t24-,27-,31-,36?/m0/s1. The third kappa shape index (κ3) is 9.32. The molecule has 12 nitrogen and oxygen atoms in total. The molecule has 53 heavy (non-hydrogen) atoms. The quantitative estimate of drug-likeness (QED) is 0.215. The number of urea groups is 1. The topological polar surface area (TPSA) is 138 Å². The van der Waals surface area contributed by atoms with E-state index < -0.39 is 59.6 Å². The maximum Gasteiger partial charge on any atom is 0.318 e. The first-order chi connectivity index (χ1) is 25.6. The number of nitrogens with one attached hydrogen (secondary N) is 3. The molecule has 0 spiro atoms. The minimum atomic E-state index is -1.21. The Morgan fingerprint density at radius 1 is 1.06 bits per heavy atom. The SMILES string of the molecule is C[C@@H](CNC(=O)CCN1C(=O)C=CC1=O)NC(=O)N(C[C@@H]1CNC[C@@H]1F)C(c1nc(-c2cc(F)ccc2F)cn1Cc1ccccc1)C1CCOCC1. The minimum absolute atomic E-state index is 0.0253. The molecule has 3 aliphatic rings. The molecule has 15 heteroatoms. The number of imide groups is 1. The van der Waals surface area contributed by atoms with Crippen molar-refractivity contribution >= 4 is 23.8 Å². The van der Waals surface area contributed by atoms with E-state index in [9.17, 15) is 23.6 Å². The highest BCUT2D eigenvalue weighted by molar-refractivity contribution is 6.13. The average Bonchev–Trinajstić information content (AvgIpc) is 3.85. The van der Waals surface area contributed by atoms with E-state index in [2.05, 4.69) is 16.0 Å². The second-order valence-electron chi connectivity index (χ2n) is 13.8. The van der Waals surface area contributed by atoms with Crippen LogP contribution in [0, 0.1) is 23.5 Å². The van der Waals surface area contributed by atoms with E-state index in [1.54, 1.807) is 18.0 Å². The number of hydrogen-bond donors (Lipinski definition) is 3. The Bertz CT molecular complexity index is 1800. The molecule has 3 aliphatic heterocycles. The van der Waals surface area contributed by atoms with Crippen molar-refractivity contribution in [2.24, 2.45) is 11.8 Å². The summed E-state index contributed by atoms with van der Waals surface area (Å²) in [5.74, 6) is -2.90. The lowest BCUT2D eigenvalue weighted by Gasteiger charge is -2.40. The maximum atomic E-state index is 15.3. The van der Waals surface area contributed by atoms with Crippen LogP contribution >= 0.6 is 0 Å². The van der Waals surface area contributed by atoms with Crippen LogP contribution in [0.15, 0.2) is 66.9 Å². The van der Waals surface area contributed by atoms with Gasteiger partial charge >= 0.3 is 6.03 Å². The second kappa shape index (κ2) is 17.2. The van der Waals surface area contributed by atoms with Crippen LogP contribution in [0.1, 0.15) is 43.6 Å². The van der Waals surface area contributed by atoms with E-state index in [-0.39, 0.29) is 49.8 Å². The Balaban J connectivity index is 1.30. The Morgan fingerprint density at radius 3 is 2.49 bits per heavy atom. The highest BCUT2D eigenvalue weighted by Crippen LogP contribution is 2.38. The van der Waals surface area contributed by atoms with Gasteiger partial charge in [-0.3, -0.25) is 19.3 Å². The number of halogens is 3. The molecular formula is C38H44F3N7O5. The molecule has 2 aromatic carbocycles. The Hall–Kier alpha value is -5.02. The Labute approximate surface area is 305 Å². The molecule has 0 bridgehead atoms. The van der Waals surface area contributed by atoms with Gasteiger partial charge in [0.1, 0.15) is 23.6 Å². The normalized spacial score (nSPS) is 20.1. The third-order valence-corrected chi connectivity index (χ3v) is 9.91. The fourth-order valence-corrected chi connectivity index (χ4v) is 7.05. The molecular weight excluding hydrogens is 691 g/mol. The van der Waals surface area contributed by atoms with Gasteiger partial charge in [0.2, 0.25) is 5.91 Å². The largest absolute Gasteiger partial charge is 0.381 e. The molecule has 4 atom stereocenters. The number of nitrogens with zero attached hydrogens (tertiary/aromatic N) is 4. The first-order valence-electron chi connectivity index (χ1n) is 17.9. The second-order valence-corrected chi connectivity index (χ2v) is 13.8. The van der Waals surface area contributed by atoms with Crippen LogP contribution in [0.4, 0.5) is 18.0 Å². The van der Waals surface area contributed by atoms with Crippen molar-refractivity contribution in [3.63, 3.8) is 0 Å². The van der Waals surface area contributed by atoms with Crippen molar-refractivity contribution < 1.29 is 37.1 Å². The summed E-state index contributed by atoms with van der Waals surface area (Å²) in [6.45, 7) is 3.42. The summed E-state index contributed by atoms with van der Waals surface area (Å²) >= 11 is 0. The first-order valence-corrected chi connectivity index (χ1v) is 17.9. The molecule has 1 unspecified atom stereocenters. The average molecular weight is 736 g/mol. The molecule has 0 aliphatic carbocycles. The molecule has 2 saturated heterocycles. The summed E-state index contributed by atoms with van der Waals surface area (Å²) in [5, 5.41) is 8.78. The summed E-state index contributed by atoms with van der Waals surface area (Å²) in [4.78, 5) is 58.3. The van der Waals surface area contributed by atoms with Crippen molar-refractivity contribution in [2.45, 2.75) is 51.0 Å². The fraction of sp³-hybridized carbons (Fsp3) is 0.447. The van der Waals surface area contributed by atoms with Gasteiger partial charge in [0, 0.05) is 94.8 Å². The fourth-order valence-electron chi connectivity index (χ4n) is 7.05. The molecule has 3 N–H and O–H groups in total. The summed E-state index contributed by atoms with van der Waals surface area (Å²) in [6, 6.07) is 10.9. The number of amides is 5. The Kier molecular flexibility index (Phi) is 12.2. The van der Waals surface area contributed by atoms with Gasteiger partial charge in [0.25, 0.3) is 11.8 Å². The van der Waals surface area contributed by atoms with Gasteiger partial charge in [-0.1, -0.05) is 30.3 Å². The zero-order valence-corrected chi connectivity index (χ0v) is 29.5. The van der Waals surface area contributed by atoms with Crippen molar-refractivity contribution in [1.29, 1.82) is 0 Å². The lowest BCUT2D eigenvalue weighted by atomic mass is 9.89. The predicted molar refractivity (Wildman–Crippen MR) is 189 cm³/mol. The van der Waals surface area contributed by atoms with E-state index in [0.29, 0.717) is 45.0 Å². The highest BCUT2D eigenvalue weighted by atomic mass is 19.1. The van der Waals surface area contributed by atoms with Crippen LogP contribution in [0.2, 0.25) is 0 Å². The number of imidazole rings is 1. The summed E-state index contributed by atoms with van der Waals surface area (Å²) in [6.07, 6.45) is 3.79. The lowest BCUT2D eigenvalue weighted by Crippen LogP contribution is -2.52. The van der Waals surface area contributed by atoms with Crippen LogP contribution in [0.25, 0.3) is 11.3 Å². The van der Waals surface area contributed by atoms with Crippen LogP contribution in [0.5, 0.6) is 0 Å². The molecule has 4 heterocycles. The molecule has 0 radical (unpaired) electrons. The molecule has 282 valence electrons. The van der Waals surface area contributed by atoms with Crippen molar-refractivity contribution in [1.82, 2.24) is 35.3 Å². The zero-order valence-electron chi connectivity index (χ0n) is 29.5. The van der Waals surface area contributed by atoms with Crippen molar-refractivity contribution in [3.8, 4) is 11.3 Å². The molecule has 5 amide bonds. The first kappa shape index (κ1) is 37.7. The van der Waals surface area contributed by atoms with Gasteiger partial charge in [-0.2, -0.15) is 0 Å². The van der Waals surface area contributed by atoms with Crippen LogP contribution < -0.4 is 16.0 Å². The van der Waals surface area contributed by atoms with Crippen molar-refractivity contribution in [2.75, 3.05) is 45.9 Å². The van der Waals surface area contributed by atoms with Crippen molar-refractivity contribution in [3.05, 3.63) is 89.9 Å². The smallest absolute Gasteiger partial charge is 0.318 e. The number of alkyl halides is 1. The van der Waals surface area contributed by atoms with E-state index in [1.807, 2.05) is 34.9 Å². The highest BCUT2D eigenvalue weighted by Gasteiger charge is 2.40. The monoisotopic (exact) mass is 735 g/mol. The Morgan fingerprint density at radius 2 is 1.79 bits per heavy atom. The van der Waals surface area contributed by atoms with E-state index >= 15 is 8.78 Å². The molecule has 1 aromatic heterocycles. The number of carbonyl (C=O) groups excluding carboxylic acids is 4. The number of hydrogen-bond acceptors (Lipinski definition) is 7. The lowest BCUT2D eigenvalue weighted by molar-refractivity contribution is -0.137. The van der Waals surface area contributed by atoms with Gasteiger partial charge in [0.15, 0.2) is 0 Å². The molecule has 3 aromatic rings. The van der Waals surface area contributed by atoms with E-state index in [4.69, 9.17) is 9.72 Å². The van der Waals surface area contributed by atoms with Gasteiger partial charge in [0.05, 0.1) is 11.7 Å². The predicted octanol–water partition coefficient (Wildman–Crippen LogP) is 3.73. The summed E-state index contributed by atoms with van der Waals surface area (Å²) in [7, 11) is 0. The van der Waals surface area contributed by atoms with Gasteiger partial charge in [-0.05, 0) is 49.4 Å². The van der Waals surface area contributed by atoms with Crippen LogP contribution in [-0.2, 0) is 25.7 Å². The van der Waals surface area contributed by atoms with Gasteiger partial charge < -0.3 is 30.2 Å². The number of carbonyl (C=O) groups is 4. The van der Waals surface area contributed by atoms with Gasteiger partial charge in [-0.25, -0.2) is 22.9 Å². The number of benzene rings is 2. The summed E-state index contributed by atoms with van der Waals surface area (Å²) < 4.78 is 52.4. The molecule has 2 fully saturated rings. The zero-order chi connectivity index (χ0) is 37.5. The van der Waals surface area contributed by atoms with Crippen LogP contribution in [0.3, 0.4) is 0 Å². The minimum Gasteiger partial charge on any atom is -0.381 e. The van der Waals surface area contributed by atoms with E-state index in [0.717, 1.165) is 40.8 Å². The summed E-state index contributed by atoms with van der Waals surface area (Å²) in [5.41, 5.74) is 1.09. The number of rotatable bonds is 14. The van der Waals surface area contributed by atoms with Gasteiger partial charge in [-0.15, -0.1) is 0 Å². The maximum absolute atomic E-state index is 15.3.